The highest BCUT2D eigenvalue weighted by atomic mass is 16.1. The molecule has 2 atom stereocenters. The minimum Gasteiger partial charge on any atom is -0.330 e. The highest BCUT2D eigenvalue weighted by Crippen LogP contribution is 2.31. The fraction of sp³-hybridized carbons (Fsp3) is 0.667. The molecule has 2 nitrogen and oxygen atoms in total. The average molecular weight is 153 g/mol. The van der Waals surface area contributed by atoms with Crippen LogP contribution >= 0.6 is 0 Å². The molecule has 2 N–H and O–H groups in total. The third kappa shape index (κ3) is 1.69. The molecule has 1 aliphatic rings. The molecule has 0 aromatic rings. The number of rotatable bonds is 3. The van der Waals surface area contributed by atoms with E-state index in [4.69, 9.17) is 5.73 Å². The summed E-state index contributed by atoms with van der Waals surface area (Å²) in [5.74, 6) is 0.774. The lowest BCUT2D eigenvalue weighted by Crippen LogP contribution is -2.23. The molecule has 1 aliphatic carbocycles. The minimum atomic E-state index is 0.178. The normalized spacial score (nSPS) is 30.3. The predicted octanol–water partition coefficient (Wildman–Crippen LogP) is 1.12. The largest absolute Gasteiger partial charge is 0.330 e. The van der Waals surface area contributed by atoms with Crippen molar-refractivity contribution in [2.45, 2.75) is 19.3 Å². The summed E-state index contributed by atoms with van der Waals surface area (Å²) in [6.07, 6.45) is 4.69. The van der Waals surface area contributed by atoms with Crippen molar-refractivity contribution in [2.24, 2.45) is 17.6 Å². The van der Waals surface area contributed by atoms with Crippen molar-refractivity contribution >= 4 is 5.78 Å². The third-order valence-electron chi connectivity index (χ3n) is 2.53. The molecule has 11 heavy (non-hydrogen) atoms. The molecule has 0 aromatic carbocycles. The van der Waals surface area contributed by atoms with Crippen LogP contribution in [-0.4, -0.2) is 12.3 Å². The van der Waals surface area contributed by atoms with Gasteiger partial charge in [0.25, 0.3) is 0 Å². The summed E-state index contributed by atoms with van der Waals surface area (Å²) >= 11 is 0. The maximum Gasteiger partial charge on any atom is 0.158 e. The number of carbonyl (C=O) groups excluding carboxylic acids is 1. The highest BCUT2D eigenvalue weighted by Gasteiger charge is 2.29. The van der Waals surface area contributed by atoms with Crippen molar-refractivity contribution in [2.75, 3.05) is 6.54 Å². The van der Waals surface area contributed by atoms with Crippen LogP contribution < -0.4 is 5.73 Å². The van der Waals surface area contributed by atoms with Crippen molar-refractivity contribution in [3.63, 3.8) is 0 Å². The van der Waals surface area contributed by atoms with Crippen LogP contribution in [0.3, 0.4) is 0 Å². The first kappa shape index (κ1) is 8.47. The van der Waals surface area contributed by atoms with Crippen LogP contribution in [0, 0.1) is 11.8 Å². The van der Waals surface area contributed by atoms with Gasteiger partial charge in [-0.2, -0.15) is 0 Å². The Morgan fingerprint density at radius 1 is 1.64 bits per heavy atom. The number of ketones is 1. The van der Waals surface area contributed by atoms with E-state index in [-0.39, 0.29) is 11.7 Å². The van der Waals surface area contributed by atoms with E-state index in [9.17, 15) is 4.79 Å². The van der Waals surface area contributed by atoms with E-state index < -0.39 is 0 Å². The van der Waals surface area contributed by atoms with Crippen molar-refractivity contribution in [1.82, 2.24) is 0 Å². The number of allylic oxidation sites excluding steroid dienone is 1. The molecule has 1 fully saturated rings. The van der Waals surface area contributed by atoms with Gasteiger partial charge in [-0.05, 0) is 31.4 Å². The van der Waals surface area contributed by atoms with Gasteiger partial charge >= 0.3 is 0 Å². The zero-order valence-electron chi connectivity index (χ0n) is 6.75. The molecule has 0 aromatic heterocycles. The summed E-state index contributed by atoms with van der Waals surface area (Å²) in [6.45, 7) is 4.13. The Labute approximate surface area is 67.5 Å². The maximum absolute atomic E-state index is 11.2. The van der Waals surface area contributed by atoms with Crippen molar-refractivity contribution in [1.29, 1.82) is 0 Å². The minimum absolute atomic E-state index is 0.178. The average Bonchev–Trinajstić information content (AvgIpc) is 2.50. The molecule has 0 saturated heterocycles. The SMILES string of the molecule is C=CC(=O)C1CCCC1CN. The van der Waals surface area contributed by atoms with E-state index in [2.05, 4.69) is 6.58 Å². The standard InChI is InChI=1S/C9H15NO/c1-2-9(11)8-5-3-4-7(8)6-10/h2,7-8H,1,3-6,10H2. The van der Waals surface area contributed by atoms with E-state index >= 15 is 0 Å². The first-order valence-corrected chi connectivity index (χ1v) is 4.16. The Bertz CT molecular complexity index is 165. The molecule has 0 amide bonds. The fourth-order valence-corrected chi connectivity index (χ4v) is 1.84. The first-order chi connectivity index (χ1) is 5.29. The van der Waals surface area contributed by atoms with Crippen LogP contribution in [0.2, 0.25) is 0 Å². The maximum atomic E-state index is 11.2. The number of hydrogen-bond acceptors (Lipinski definition) is 2. The molecule has 0 radical (unpaired) electrons. The summed E-state index contributed by atoms with van der Waals surface area (Å²) in [7, 11) is 0. The van der Waals surface area contributed by atoms with Gasteiger partial charge < -0.3 is 5.73 Å². The summed E-state index contributed by atoms with van der Waals surface area (Å²) < 4.78 is 0. The molecule has 0 aliphatic heterocycles. The van der Waals surface area contributed by atoms with Gasteiger partial charge in [0, 0.05) is 5.92 Å². The van der Waals surface area contributed by atoms with Gasteiger partial charge in [0.2, 0.25) is 0 Å². The zero-order valence-corrected chi connectivity index (χ0v) is 6.75. The molecule has 0 heterocycles. The molecule has 0 spiro atoms. The summed E-state index contributed by atoms with van der Waals surface area (Å²) in [6, 6.07) is 0. The van der Waals surface area contributed by atoms with Gasteiger partial charge in [-0.15, -0.1) is 0 Å². The lowest BCUT2D eigenvalue weighted by Gasteiger charge is -2.13. The second kappa shape index (κ2) is 3.67. The topological polar surface area (TPSA) is 43.1 Å². The third-order valence-corrected chi connectivity index (χ3v) is 2.53. The second-order valence-electron chi connectivity index (χ2n) is 3.14. The van der Waals surface area contributed by atoms with Crippen LogP contribution in [0.5, 0.6) is 0 Å². The number of hydrogen-bond donors (Lipinski definition) is 1. The monoisotopic (exact) mass is 153 g/mol. The van der Waals surface area contributed by atoms with E-state index in [1.807, 2.05) is 0 Å². The van der Waals surface area contributed by atoms with Gasteiger partial charge in [-0.25, -0.2) is 0 Å². The molecular formula is C9H15NO. The van der Waals surface area contributed by atoms with Crippen molar-refractivity contribution < 1.29 is 4.79 Å². The Kier molecular flexibility index (Phi) is 2.83. The van der Waals surface area contributed by atoms with Crippen molar-refractivity contribution in [3.05, 3.63) is 12.7 Å². The van der Waals surface area contributed by atoms with E-state index in [1.54, 1.807) is 0 Å². The Morgan fingerprint density at radius 2 is 2.36 bits per heavy atom. The van der Waals surface area contributed by atoms with Gasteiger partial charge in [0.1, 0.15) is 0 Å². The Morgan fingerprint density at radius 3 is 2.91 bits per heavy atom. The summed E-state index contributed by atoms with van der Waals surface area (Å²) in [5.41, 5.74) is 5.53. The van der Waals surface area contributed by atoms with Crippen molar-refractivity contribution in [3.8, 4) is 0 Å². The van der Waals surface area contributed by atoms with Gasteiger partial charge in [-0.1, -0.05) is 13.0 Å². The summed E-state index contributed by atoms with van der Waals surface area (Å²) in [4.78, 5) is 11.2. The van der Waals surface area contributed by atoms with Gasteiger partial charge in [0.15, 0.2) is 5.78 Å². The molecule has 2 heteroatoms. The lowest BCUT2D eigenvalue weighted by atomic mass is 9.92. The number of nitrogens with two attached hydrogens (primary N) is 1. The quantitative estimate of drug-likeness (QED) is 0.617. The van der Waals surface area contributed by atoms with Crippen LogP contribution in [-0.2, 0) is 4.79 Å². The second-order valence-corrected chi connectivity index (χ2v) is 3.14. The molecule has 2 unspecified atom stereocenters. The Hall–Kier alpha value is -0.630. The fourth-order valence-electron chi connectivity index (χ4n) is 1.84. The molecule has 1 rings (SSSR count). The van der Waals surface area contributed by atoms with Crippen LogP contribution in [0.15, 0.2) is 12.7 Å². The van der Waals surface area contributed by atoms with E-state index in [0.29, 0.717) is 12.5 Å². The van der Waals surface area contributed by atoms with Crippen LogP contribution in [0.1, 0.15) is 19.3 Å². The predicted molar refractivity (Wildman–Crippen MR) is 45.1 cm³/mol. The molecular weight excluding hydrogens is 138 g/mol. The molecule has 62 valence electrons. The smallest absolute Gasteiger partial charge is 0.158 e. The van der Waals surface area contributed by atoms with Gasteiger partial charge in [0.05, 0.1) is 0 Å². The van der Waals surface area contributed by atoms with E-state index in [1.165, 1.54) is 6.08 Å². The van der Waals surface area contributed by atoms with Crippen LogP contribution in [0.25, 0.3) is 0 Å². The van der Waals surface area contributed by atoms with Crippen LogP contribution in [0.4, 0.5) is 0 Å². The zero-order chi connectivity index (χ0) is 8.27. The highest BCUT2D eigenvalue weighted by molar-refractivity contribution is 5.91. The number of carbonyl (C=O) groups is 1. The first-order valence-electron chi connectivity index (χ1n) is 4.16. The van der Waals surface area contributed by atoms with E-state index in [0.717, 1.165) is 19.3 Å². The Balaban J connectivity index is 2.55. The summed E-state index contributed by atoms with van der Waals surface area (Å²) in [5, 5.41) is 0. The molecule has 1 saturated carbocycles. The lowest BCUT2D eigenvalue weighted by molar-refractivity contribution is -0.119. The molecule has 0 bridgehead atoms. The van der Waals surface area contributed by atoms with Gasteiger partial charge in [-0.3, -0.25) is 4.79 Å².